The summed E-state index contributed by atoms with van der Waals surface area (Å²) in [6.45, 7) is 4.77. The molecule has 1 unspecified atom stereocenters. The summed E-state index contributed by atoms with van der Waals surface area (Å²) >= 11 is 0. The molecule has 1 saturated heterocycles. The van der Waals surface area contributed by atoms with Crippen LogP contribution in [0.4, 0.5) is 4.39 Å². The maximum absolute atomic E-state index is 13.5. The maximum atomic E-state index is 13.5. The Hall–Kier alpha value is -0.890. The van der Waals surface area contributed by atoms with Crippen molar-refractivity contribution in [3.05, 3.63) is 34.6 Å². The van der Waals surface area contributed by atoms with Gasteiger partial charge in [-0.15, -0.1) is 0 Å². The molecule has 0 saturated carbocycles. The van der Waals surface area contributed by atoms with E-state index in [0.29, 0.717) is 6.04 Å². The summed E-state index contributed by atoms with van der Waals surface area (Å²) in [6, 6.07) is 4.38. The van der Waals surface area contributed by atoms with Crippen molar-refractivity contribution in [3.63, 3.8) is 0 Å². The molecular weight excluding hydrogens is 189 g/mol. The van der Waals surface area contributed by atoms with E-state index in [-0.39, 0.29) is 5.82 Å². The number of aryl methyl sites for hydroxylation is 2. The first kappa shape index (κ1) is 10.6. The Morgan fingerprint density at radius 1 is 1.20 bits per heavy atom. The Morgan fingerprint density at radius 2 is 1.87 bits per heavy atom. The van der Waals surface area contributed by atoms with Crippen LogP contribution in [-0.4, -0.2) is 6.54 Å². The molecule has 1 aliphatic rings. The van der Waals surface area contributed by atoms with Gasteiger partial charge in [0.2, 0.25) is 0 Å². The molecule has 1 nitrogen and oxygen atoms in total. The minimum absolute atomic E-state index is 0.0606. The van der Waals surface area contributed by atoms with E-state index >= 15 is 0 Å². The lowest BCUT2D eigenvalue weighted by Crippen LogP contribution is -2.26. The molecule has 82 valence electrons. The quantitative estimate of drug-likeness (QED) is 0.745. The van der Waals surface area contributed by atoms with Gasteiger partial charge >= 0.3 is 0 Å². The van der Waals surface area contributed by atoms with Crippen LogP contribution in [0.15, 0.2) is 12.1 Å². The highest BCUT2D eigenvalue weighted by molar-refractivity contribution is 5.32. The van der Waals surface area contributed by atoms with Gasteiger partial charge in [-0.25, -0.2) is 4.39 Å². The van der Waals surface area contributed by atoms with Gasteiger partial charge in [0.25, 0.3) is 0 Å². The van der Waals surface area contributed by atoms with E-state index in [0.717, 1.165) is 17.7 Å². The van der Waals surface area contributed by atoms with Crippen molar-refractivity contribution in [1.82, 2.24) is 5.32 Å². The summed E-state index contributed by atoms with van der Waals surface area (Å²) in [4.78, 5) is 0. The van der Waals surface area contributed by atoms with Crippen molar-refractivity contribution in [2.75, 3.05) is 6.54 Å². The second-order valence-electron chi connectivity index (χ2n) is 4.47. The fraction of sp³-hybridized carbons (Fsp3) is 0.538. The van der Waals surface area contributed by atoms with E-state index in [1.165, 1.54) is 24.8 Å². The third kappa shape index (κ3) is 2.20. The molecule has 0 aromatic heterocycles. The van der Waals surface area contributed by atoms with Gasteiger partial charge in [0.05, 0.1) is 0 Å². The van der Waals surface area contributed by atoms with Crippen molar-refractivity contribution in [2.45, 2.75) is 39.2 Å². The lowest BCUT2D eigenvalue weighted by Gasteiger charge is -2.24. The predicted molar refractivity (Wildman–Crippen MR) is 60.5 cm³/mol. The number of halogens is 1. The SMILES string of the molecule is Cc1cc(C2CCCCN2)cc(C)c1F. The molecule has 0 spiro atoms. The second-order valence-corrected chi connectivity index (χ2v) is 4.47. The highest BCUT2D eigenvalue weighted by Gasteiger charge is 2.16. The minimum Gasteiger partial charge on any atom is -0.310 e. The Bertz CT molecular complexity index is 331. The van der Waals surface area contributed by atoms with E-state index in [2.05, 4.69) is 5.32 Å². The number of hydrogen-bond acceptors (Lipinski definition) is 1. The van der Waals surface area contributed by atoms with Crippen LogP contribution in [-0.2, 0) is 0 Å². The average Bonchev–Trinajstić information content (AvgIpc) is 2.26. The fourth-order valence-electron chi connectivity index (χ4n) is 2.32. The molecule has 15 heavy (non-hydrogen) atoms. The Morgan fingerprint density at radius 3 is 2.40 bits per heavy atom. The van der Waals surface area contributed by atoms with E-state index in [4.69, 9.17) is 0 Å². The fourth-order valence-corrected chi connectivity index (χ4v) is 2.32. The van der Waals surface area contributed by atoms with Gasteiger partial charge < -0.3 is 5.32 Å². The van der Waals surface area contributed by atoms with E-state index in [1.807, 2.05) is 26.0 Å². The molecule has 0 amide bonds. The van der Waals surface area contributed by atoms with Gasteiger partial charge in [0, 0.05) is 6.04 Å². The van der Waals surface area contributed by atoms with Gasteiger partial charge in [-0.1, -0.05) is 18.6 Å². The smallest absolute Gasteiger partial charge is 0.129 e. The van der Waals surface area contributed by atoms with Crippen molar-refractivity contribution in [1.29, 1.82) is 0 Å². The Balaban J connectivity index is 2.27. The van der Waals surface area contributed by atoms with Gasteiger partial charge in [0.15, 0.2) is 0 Å². The van der Waals surface area contributed by atoms with Crippen LogP contribution < -0.4 is 5.32 Å². The Labute approximate surface area is 90.7 Å². The molecule has 1 N–H and O–H groups in total. The van der Waals surface area contributed by atoms with Crippen molar-refractivity contribution in [2.24, 2.45) is 0 Å². The van der Waals surface area contributed by atoms with Crippen molar-refractivity contribution in [3.8, 4) is 0 Å². The summed E-state index contributed by atoms with van der Waals surface area (Å²) in [5.74, 6) is -0.0606. The van der Waals surface area contributed by atoms with Crippen LogP contribution in [0.2, 0.25) is 0 Å². The zero-order valence-electron chi connectivity index (χ0n) is 9.44. The molecule has 0 bridgehead atoms. The molecule has 2 rings (SSSR count). The first-order valence-corrected chi connectivity index (χ1v) is 5.68. The normalized spacial score (nSPS) is 21.7. The number of nitrogens with one attached hydrogen (secondary N) is 1. The maximum Gasteiger partial charge on any atom is 0.129 e. The zero-order valence-corrected chi connectivity index (χ0v) is 9.44. The molecule has 1 heterocycles. The van der Waals surface area contributed by atoms with Crippen molar-refractivity contribution < 1.29 is 4.39 Å². The Kier molecular flexibility index (Phi) is 3.06. The van der Waals surface area contributed by atoms with Crippen LogP contribution in [0.3, 0.4) is 0 Å². The van der Waals surface area contributed by atoms with Gasteiger partial charge in [-0.05, 0) is 49.9 Å². The predicted octanol–water partition coefficient (Wildman–Crippen LogP) is 3.26. The topological polar surface area (TPSA) is 12.0 Å². The molecule has 0 aliphatic carbocycles. The largest absolute Gasteiger partial charge is 0.310 e. The first-order chi connectivity index (χ1) is 7.18. The lowest BCUT2D eigenvalue weighted by molar-refractivity contribution is 0.411. The number of hydrogen-bond donors (Lipinski definition) is 1. The molecule has 1 aromatic carbocycles. The zero-order chi connectivity index (χ0) is 10.8. The highest BCUT2D eigenvalue weighted by Crippen LogP contribution is 2.25. The van der Waals surface area contributed by atoms with Crippen LogP contribution >= 0.6 is 0 Å². The molecule has 1 atom stereocenters. The van der Waals surface area contributed by atoms with E-state index in [1.54, 1.807) is 0 Å². The van der Waals surface area contributed by atoms with Gasteiger partial charge in [0.1, 0.15) is 5.82 Å². The number of rotatable bonds is 1. The number of piperidine rings is 1. The molecule has 1 fully saturated rings. The molecule has 1 aromatic rings. The summed E-state index contributed by atoms with van der Waals surface area (Å²) in [5.41, 5.74) is 2.76. The third-order valence-electron chi connectivity index (χ3n) is 3.17. The lowest BCUT2D eigenvalue weighted by atomic mass is 9.94. The van der Waals surface area contributed by atoms with Crippen LogP contribution in [0.1, 0.15) is 42.0 Å². The second kappa shape index (κ2) is 4.31. The molecule has 2 heteroatoms. The summed E-state index contributed by atoms with van der Waals surface area (Å²) in [6.07, 6.45) is 3.70. The van der Waals surface area contributed by atoms with Gasteiger partial charge in [-0.3, -0.25) is 0 Å². The van der Waals surface area contributed by atoms with Crippen LogP contribution in [0.5, 0.6) is 0 Å². The molecular formula is C13H18FN. The van der Waals surface area contributed by atoms with E-state index < -0.39 is 0 Å². The first-order valence-electron chi connectivity index (χ1n) is 5.68. The van der Waals surface area contributed by atoms with Gasteiger partial charge in [-0.2, -0.15) is 0 Å². The molecule has 1 aliphatic heterocycles. The van der Waals surface area contributed by atoms with Crippen LogP contribution in [0.25, 0.3) is 0 Å². The third-order valence-corrected chi connectivity index (χ3v) is 3.17. The van der Waals surface area contributed by atoms with Crippen LogP contribution in [0, 0.1) is 19.7 Å². The summed E-state index contributed by atoms with van der Waals surface area (Å²) < 4.78 is 13.5. The van der Waals surface area contributed by atoms with Crippen molar-refractivity contribution >= 4 is 0 Å². The molecule has 0 radical (unpaired) electrons. The summed E-state index contributed by atoms with van der Waals surface area (Å²) in [7, 11) is 0. The summed E-state index contributed by atoms with van der Waals surface area (Å²) in [5, 5.41) is 3.49. The van der Waals surface area contributed by atoms with E-state index in [9.17, 15) is 4.39 Å². The monoisotopic (exact) mass is 207 g/mol. The minimum atomic E-state index is -0.0606. The highest BCUT2D eigenvalue weighted by atomic mass is 19.1. The standard InChI is InChI=1S/C13H18FN/c1-9-7-11(8-10(2)13(9)14)12-5-3-4-6-15-12/h7-8,12,15H,3-6H2,1-2H3. The number of benzene rings is 1. The average molecular weight is 207 g/mol.